The van der Waals surface area contributed by atoms with E-state index in [1.165, 1.54) is 7.11 Å². The molecule has 70 valence electrons. The summed E-state index contributed by atoms with van der Waals surface area (Å²) < 4.78 is 4.45. The molecule has 0 atom stereocenters. The lowest BCUT2D eigenvalue weighted by molar-refractivity contribution is -0.139. The molecule has 1 aromatic rings. The Bertz CT molecular complexity index is 263. The van der Waals surface area contributed by atoms with Crippen molar-refractivity contribution in [1.82, 2.24) is 15.5 Å². The van der Waals surface area contributed by atoms with Crippen molar-refractivity contribution in [3.05, 3.63) is 24.0 Å². The minimum absolute atomic E-state index is 0.188. The number of rotatable bonds is 4. The van der Waals surface area contributed by atoms with Gasteiger partial charge in [-0.3, -0.25) is 4.79 Å². The third-order valence-electron chi connectivity index (χ3n) is 1.43. The highest BCUT2D eigenvalue weighted by Gasteiger charge is 1.98. The van der Waals surface area contributed by atoms with E-state index in [-0.39, 0.29) is 12.5 Å². The minimum atomic E-state index is -0.288. The molecule has 5 nitrogen and oxygen atoms in total. The second-order valence-corrected chi connectivity index (χ2v) is 2.39. The molecule has 0 radical (unpaired) electrons. The number of nitrogens with one attached hydrogen (secondary N) is 1. The molecule has 0 unspecified atom stereocenters. The standard InChI is InChI=1S/C8H11N3O2/c1-13-8(12)6-9-5-7-3-2-4-10-11-7/h2-4,9H,5-6H2,1H3. The predicted octanol–water partition coefficient (Wildman–Crippen LogP) is -0.261. The monoisotopic (exact) mass is 181 g/mol. The Morgan fingerprint density at radius 3 is 3.15 bits per heavy atom. The van der Waals surface area contributed by atoms with Gasteiger partial charge in [0.2, 0.25) is 0 Å². The molecule has 1 rings (SSSR count). The van der Waals surface area contributed by atoms with Crippen LogP contribution in [0.4, 0.5) is 0 Å². The van der Waals surface area contributed by atoms with Crippen LogP contribution in [0.2, 0.25) is 0 Å². The van der Waals surface area contributed by atoms with Crippen LogP contribution < -0.4 is 5.32 Å². The molecule has 0 fully saturated rings. The summed E-state index contributed by atoms with van der Waals surface area (Å²) in [5.74, 6) is -0.288. The molecule has 13 heavy (non-hydrogen) atoms. The topological polar surface area (TPSA) is 64.1 Å². The van der Waals surface area contributed by atoms with E-state index in [0.29, 0.717) is 6.54 Å². The average molecular weight is 181 g/mol. The Morgan fingerprint density at radius 2 is 2.54 bits per heavy atom. The summed E-state index contributed by atoms with van der Waals surface area (Å²) in [6, 6.07) is 3.62. The molecule has 1 aromatic heterocycles. The van der Waals surface area contributed by atoms with Gasteiger partial charge in [0.05, 0.1) is 19.3 Å². The van der Waals surface area contributed by atoms with Crippen LogP contribution in [0.5, 0.6) is 0 Å². The summed E-state index contributed by atoms with van der Waals surface area (Å²) in [6.07, 6.45) is 1.60. The van der Waals surface area contributed by atoms with E-state index in [9.17, 15) is 4.79 Å². The van der Waals surface area contributed by atoms with Gasteiger partial charge in [-0.1, -0.05) is 0 Å². The van der Waals surface area contributed by atoms with Crippen LogP contribution in [0.15, 0.2) is 18.3 Å². The normalized spacial score (nSPS) is 9.62. The number of esters is 1. The number of methoxy groups -OCH3 is 1. The molecule has 0 saturated heterocycles. The summed E-state index contributed by atoms with van der Waals surface area (Å²) in [7, 11) is 1.35. The zero-order chi connectivity index (χ0) is 9.52. The van der Waals surface area contributed by atoms with Gasteiger partial charge in [-0.15, -0.1) is 0 Å². The summed E-state index contributed by atoms with van der Waals surface area (Å²) in [6.45, 7) is 0.704. The lowest BCUT2D eigenvalue weighted by atomic mass is 10.4. The molecule has 0 aromatic carbocycles. The van der Waals surface area contributed by atoms with E-state index in [1.807, 2.05) is 6.07 Å². The van der Waals surface area contributed by atoms with Crippen LogP contribution in [0.25, 0.3) is 0 Å². The van der Waals surface area contributed by atoms with Gasteiger partial charge in [0.25, 0.3) is 0 Å². The summed E-state index contributed by atoms with van der Waals surface area (Å²) in [4.78, 5) is 10.7. The average Bonchev–Trinajstić information content (AvgIpc) is 2.19. The van der Waals surface area contributed by atoms with Crippen LogP contribution in [-0.2, 0) is 16.1 Å². The van der Waals surface area contributed by atoms with Crippen molar-refractivity contribution in [2.24, 2.45) is 0 Å². The molecule has 0 bridgehead atoms. The van der Waals surface area contributed by atoms with Crippen LogP contribution in [0.1, 0.15) is 5.69 Å². The third kappa shape index (κ3) is 3.62. The SMILES string of the molecule is COC(=O)CNCc1cccnn1. The number of carbonyl (C=O) groups excluding carboxylic acids is 1. The van der Waals surface area contributed by atoms with Crippen LogP contribution in [-0.4, -0.2) is 29.8 Å². The van der Waals surface area contributed by atoms with Crippen molar-refractivity contribution in [3.63, 3.8) is 0 Å². The predicted molar refractivity (Wildman–Crippen MR) is 45.8 cm³/mol. The molecular weight excluding hydrogens is 170 g/mol. The summed E-state index contributed by atoms with van der Waals surface area (Å²) >= 11 is 0. The first-order valence-electron chi connectivity index (χ1n) is 3.87. The largest absolute Gasteiger partial charge is 0.468 e. The van der Waals surface area contributed by atoms with Crippen molar-refractivity contribution >= 4 is 5.97 Å². The number of carbonyl (C=O) groups is 1. The molecule has 0 spiro atoms. The van der Waals surface area contributed by atoms with Crippen LogP contribution >= 0.6 is 0 Å². The van der Waals surface area contributed by atoms with E-state index >= 15 is 0 Å². The van der Waals surface area contributed by atoms with Gasteiger partial charge < -0.3 is 10.1 Å². The number of nitrogens with zero attached hydrogens (tertiary/aromatic N) is 2. The molecule has 0 amide bonds. The smallest absolute Gasteiger partial charge is 0.319 e. The fourth-order valence-electron chi connectivity index (χ4n) is 0.793. The molecule has 1 heterocycles. The quantitative estimate of drug-likeness (QED) is 0.648. The molecule has 1 N–H and O–H groups in total. The number of aromatic nitrogens is 2. The van der Waals surface area contributed by atoms with Gasteiger partial charge in [-0.2, -0.15) is 10.2 Å². The van der Waals surface area contributed by atoms with Crippen LogP contribution in [0, 0.1) is 0 Å². The number of hydrogen-bond donors (Lipinski definition) is 1. The Morgan fingerprint density at radius 1 is 1.69 bits per heavy atom. The van der Waals surface area contributed by atoms with Crippen molar-refractivity contribution < 1.29 is 9.53 Å². The first kappa shape index (κ1) is 9.60. The Kier molecular flexibility index (Phi) is 3.84. The molecule has 0 aliphatic rings. The Hall–Kier alpha value is -1.49. The lowest BCUT2D eigenvalue weighted by Crippen LogP contribution is -2.23. The summed E-state index contributed by atoms with van der Waals surface area (Å²) in [5.41, 5.74) is 0.798. The fraction of sp³-hybridized carbons (Fsp3) is 0.375. The highest BCUT2D eigenvalue weighted by Crippen LogP contribution is 1.88. The van der Waals surface area contributed by atoms with E-state index in [1.54, 1.807) is 12.3 Å². The molecule has 0 aliphatic heterocycles. The Balaban J connectivity index is 2.24. The van der Waals surface area contributed by atoms with Crippen molar-refractivity contribution in [3.8, 4) is 0 Å². The van der Waals surface area contributed by atoms with E-state index in [2.05, 4.69) is 20.3 Å². The highest BCUT2D eigenvalue weighted by molar-refractivity contribution is 5.71. The zero-order valence-corrected chi connectivity index (χ0v) is 7.36. The van der Waals surface area contributed by atoms with E-state index < -0.39 is 0 Å². The second-order valence-electron chi connectivity index (χ2n) is 2.39. The molecule has 5 heteroatoms. The maximum absolute atomic E-state index is 10.7. The van der Waals surface area contributed by atoms with E-state index in [0.717, 1.165) is 5.69 Å². The first-order valence-corrected chi connectivity index (χ1v) is 3.87. The maximum atomic E-state index is 10.7. The lowest BCUT2D eigenvalue weighted by Gasteiger charge is -2.01. The van der Waals surface area contributed by atoms with Gasteiger partial charge in [-0.05, 0) is 12.1 Å². The van der Waals surface area contributed by atoms with Gasteiger partial charge in [0.15, 0.2) is 0 Å². The fourth-order valence-corrected chi connectivity index (χ4v) is 0.793. The first-order chi connectivity index (χ1) is 6.33. The van der Waals surface area contributed by atoms with Gasteiger partial charge in [0.1, 0.15) is 0 Å². The maximum Gasteiger partial charge on any atom is 0.319 e. The molecule has 0 aliphatic carbocycles. The highest BCUT2D eigenvalue weighted by atomic mass is 16.5. The van der Waals surface area contributed by atoms with Gasteiger partial charge >= 0.3 is 5.97 Å². The third-order valence-corrected chi connectivity index (χ3v) is 1.43. The van der Waals surface area contributed by atoms with Crippen LogP contribution in [0.3, 0.4) is 0 Å². The minimum Gasteiger partial charge on any atom is -0.468 e. The van der Waals surface area contributed by atoms with Gasteiger partial charge in [0, 0.05) is 12.7 Å². The number of hydrogen-bond acceptors (Lipinski definition) is 5. The van der Waals surface area contributed by atoms with E-state index in [4.69, 9.17) is 0 Å². The van der Waals surface area contributed by atoms with Crippen molar-refractivity contribution in [2.75, 3.05) is 13.7 Å². The zero-order valence-electron chi connectivity index (χ0n) is 7.36. The second kappa shape index (κ2) is 5.21. The van der Waals surface area contributed by atoms with Crippen molar-refractivity contribution in [2.45, 2.75) is 6.54 Å². The summed E-state index contributed by atoms with van der Waals surface area (Å²) in [5, 5.41) is 10.4. The molecular formula is C8H11N3O2. The molecule has 0 saturated carbocycles. The van der Waals surface area contributed by atoms with Gasteiger partial charge in [-0.25, -0.2) is 0 Å². The Labute approximate surface area is 76.1 Å². The van der Waals surface area contributed by atoms with Crippen molar-refractivity contribution in [1.29, 1.82) is 0 Å². The number of ether oxygens (including phenoxy) is 1.